The van der Waals surface area contributed by atoms with Gasteiger partial charge in [0.1, 0.15) is 6.04 Å². The predicted octanol–water partition coefficient (Wildman–Crippen LogP) is 0.739. The van der Waals surface area contributed by atoms with Gasteiger partial charge in [0.25, 0.3) is 5.91 Å². The number of hydrogen-bond acceptors (Lipinski definition) is 5. The van der Waals surface area contributed by atoms with Gasteiger partial charge in [-0.2, -0.15) is 0 Å². The molecule has 2 amide bonds. The summed E-state index contributed by atoms with van der Waals surface area (Å²) in [5.41, 5.74) is 3.28. The number of nitrogens with two attached hydrogens (primary N) is 1. The Balaban J connectivity index is 1.49. The van der Waals surface area contributed by atoms with Crippen molar-refractivity contribution in [3.05, 3.63) is 53.6 Å². The number of benzene rings is 2. The predicted molar refractivity (Wildman–Crippen MR) is 99.0 cm³/mol. The maximum absolute atomic E-state index is 12.9. The Labute approximate surface area is 161 Å². The number of ether oxygens (including phenoxy) is 2. The molecule has 0 aliphatic carbocycles. The van der Waals surface area contributed by atoms with Gasteiger partial charge >= 0.3 is 5.91 Å². The Kier molecular flexibility index (Phi) is 3.26. The van der Waals surface area contributed by atoms with Crippen molar-refractivity contribution < 1.29 is 24.4 Å². The van der Waals surface area contributed by atoms with Gasteiger partial charge in [0, 0.05) is 11.6 Å². The normalized spacial score (nSPS) is 29.8. The fourth-order valence-electron chi connectivity index (χ4n) is 5.20. The molecule has 0 bridgehead atoms. The fraction of sp³-hybridized carbons (Fsp3) is 0.333. The Morgan fingerprint density at radius 1 is 1.07 bits per heavy atom. The molecule has 7 nitrogen and oxygen atoms in total. The molecule has 0 spiro atoms. The average Bonchev–Trinajstić information content (AvgIpc) is 3.33. The third-order valence-electron chi connectivity index (χ3n) is 6.40. The molecule has 4 unspecified atom stereocenters. The molecule has 142 valence electrons. The van der Waals surface area contributed by atoms with E-state index in [0.29, 0.717) is 17.9 Å². The smallest absolute Gasteiger partial charge is 0.333 e. The number of hydrogen-bond donors (Lipinski definition) is 2. The van der Waals surface area contributed by atoms with Crippen LogP contribution in [0, 0.1) is 0 Å². The van der Waals surface area contributed by atoms with Crippen LogP contribution in [0.4, 0.5) is 5.69 Å². The highest BCUT2D eigenvalue weighted by Gasteiger charge is 2.54. The summed E-state index contributed by atoms with van der Waals surface area (Å²) >= 11 is 0. The molecule has 0 radical (unpaired) electrons. The standard InChI is InChI=1S/C21H19N3O4/c25-18-9-22-21(26)15-8-13-12-3-1-2-4-14(12)23-19(13)20(24(15)18)11-5-6-16-17(7-11)28-10-27-16/h1-7,13,15,19-20,23H,8-10H2,(H,22,26)/p+1. The van der Waals surface area contributed by atoms with Gasteiger partial charge in [0.15, 0.2) is 18.0 Å². The number of fused-ring (bicyclic) bond motifs is 5. The molecular weight excluding hydrogens is 358 g/mol. The maximum atomic E-state index is 12.9. The van der Waals surface area contributed by atoms with E-state index in [1.165, 1.54) is 5.56 Å². The van der Waals surface area contributed by atoms with Crippen LogP contribution in [0.25, 0.3) is 0 Å². The van der Waals surface area contributed by atoms with Crippen LogP contribution in [0.2, 0.25) is 0 Å². The minimum atomic E-state index is -0.411. The molecule has 4 heterocycles. The molecule has 6 rings (SSSR count). The quantitative estimate of drug-likeness (QED) is 0.765. The first kappa shape index (κ1) is 15.9. The van der Waals surface area contributed by atoms with E-state index in [1.54, 1.807) is 10.2 Å². The van der Waals surface area contributed by atoms with Gasteiger partial charge in [-0.15, -0.1) is 0 Å². The third-order valence-corrected chi connectivity index (χ3v) is 6.40. The van der Waals surface area contributed by atoms with Gasteiger partial charge in [-0.3, -0.25) is 10.1 Å². The van der Waals surface area contributed by atoms with Crippen LogP contribution >= 0.6 is 0 Å². The van der Waals surface area contributed by atoms with Crippen molar-refractivity contribution in [3.8, 4) is 11.5 Å². The SMILES string of the molecule is O=C1[NH2+]CC(=O)N2C1CC1c3ccccc3NC1C2c1ccc2c(c1)OCO2. The summed E-state index contributed by atoms with van der Waals surface area (Å²) in [4.78, 5) is 27.4. The molecule has 2 saturated heterocycles. The van der Waals surface area contributed by atoms with Crippen LogP contribution in [0.3, 0.4) is 0 Å². The van der Waals surface area contributed by atoms with Crippen LogP contribution in [0.15, 0.2) is 42.5 Å². The van der Waals surface area contributed by atoms with Crippen molar-refractivity contribution in [1.82, 2.24) is 4.90 Å². The van der Waals surface area contributed by atoms with Gasteiger partial charge in [0.2, 0.25) is 6.79 Å². The number of rotatable bonds is 1. The van der Waals surface area contributed by atoms with Crippen LogP contribution in [-0.2, 0) is 9.59 Å². The summed E-state index contributed by atoms with van der Waals surface area (Å²) in [6.07, 6.45) is 0.650. The molecule has 2 fully saturated rings. The van der Waals surface area contributed by atoms with E-state index in [9.17, 15) is 9.59 Å². The lowest BCUT2D eigenvalue weighted by Crippen LogP contribution is -2.97. The molecular formula is C21H20N3O4+. The van der Waals surface area contributed by atoms with E-state index in [4.69, 9.17) is 9.47 Å². The van der Waals surface area contributed by atoms with Crippen molar-refractivity contribution >= 4 is 17.5 Å². The Hall–Kier alpha value is -3.06. The molecule has 4 aliphatic rings. The Morgan fingerprint density at radius 3 is 2.86 bits per heavy atom. The molecule has 0 aromatic heterocycles. The zero-order valence-electron chi connectivity index (χ0n) is 15.1. The number of nitrogens with zero attached hydrogens (tertiary/aromatic N) is 1. The fourth-order valence-corrected chi connectivity index (χ4v) is 5.20. The molecule has 28 heavy (non-hydrogen) atoms. The zero-order valence-corrected chi connectivity index (χ0v) is 15.1. The summed E-state index contributed by atoms with van der Waals surface area (Å²) in [6, 6.07) is 13.4. The number of carbonyl (C=O) groups excluding carboxylic acids is 2. The number of quaternary nitrogens is 1. The van der Waals surface area contributed by atoms with Gasteiger partial charge in [-0.05, 0) is 35.7 Å². The molecule has 0 saturated carbocycles. The van der Waals surface area contributed by atoms with E-state index in [1.807, 2.05) is 30.3 Å². The summed E-state index contributed by atoms with van der Waals surface area (Å²) < 4.78 is 11.0. The maximum Gasteiger partial charge on any atom is 0.333 e. The molecule has 4 aliphatic heterocycles. The summed E-state index contributed by atoms with van der Waals surface area (Å²) in [5.74, 6) is 1.63. The van der Waals surface area contributed by atoms with Gasteiger partial charge in [-0.1, -0.05) is 24.3 Å². The number of anilines is 1. The van der Waals surface area contributed by atoms with Gasteiger partial charge in [-0.25, -0.2) is 4.79 Å². The minimum absolute atomic E-state index is 0.00322. The molecule has 4 atom stereocenters. The van der Waals surface area contributed by atoms with Crippen molar-refractivity contribution in [2.45, 2.75) is 30.5 Å². The number of nitrogens with one attached hydrogen (secondary N) is 1. The van der Waals surface area contributed by atoms with E-state index in [2.05, 4.69) is 17.4 Å². The number of piperazine rings is 1. The lowest BCUT2D eigenvalue weighted by molar-refractivity contribution is -0.567. The average molecular weight is 378 g/mol. The lowest BCUT2D eigenvalue weighted by atomic mass is 9.76. The van der Waals surface area contributed by atoms with Crippen molar-refractivity contribution in [2.75, 3.05) is 18.7 Å². The number of piperidine rings is 1. The highest BCUT2D eigenvalue weighted by atomic mass is 16.7. The van der Waals surface area contributed by atoms with Gasteiger partial charge < -0.3 is 19.7 Å². The molecule has 2 aromatic carbocycles. The van der Waals surface area contributed by atoms with Gasteiger partial charge in [0.05, 0.1) is 12.1 Å². The van der Waals surface area contributed by atoms with Crippen molar-refractivity contribution in [3.63, 3.8) is 0 Å². The van der Waals surface area contributed by atoms with E-state index in [0.717, 1.165) is 11.3 Å². The largest absolute Gasteiger partial charge is 0.454 e. The topological polar surface area (TPSA) is 84.5 Å². The summed E-state index contributed by atoms with van der Waals surface area (Å²) in [7, 11) is 0. The number of carbonyl (C=O) groups is 2. The monoisotopic (exact) mass is 378 g/mol. The number of para-hydroxylation sites is 1. The van der Waals surface area contributed by atoms with Crippen LogP contribution in [0.1, 0.15) is 29.5 Å². The second-order valence-electron chi connectivity index (χ2n) is 7.78. The molecule has 2 aromatic rings. The lowest BCUT2D eigenvalue weighted by Gasteiger charge is -2.47. The highest BCUT2D eigenvalue weighted by Crippen LogP contribution is 2.50. The van der Waals surface area contributed by atoms with E-state index in [-0.39, 0.29) is 43.2 Å². The zero-order chi connectivity index (χ0) is 18.8. The van der Waals surface area contributed by atoms with Crippen LogP contribution < -0.4 is 20.1 Å². The third kappa shape index (κ3) is 2.13. The van der Waals surface area contributed by atoms with Crippen LogP contribution in [-0.4, -0.2) is 42.1 Å². The van der Waals surface area contributed by atoms with Crippen molar-refractivity contribution in [1.29, 1.82) is 0 Å². The molecule has 3 N–H and O–H groups in total. The van der Waals surface area contributed by atoms with E-state index >= 15 is 0 Å². The first-order chi connectivity index (χ1) is 13.7. The number of amides is 2. The second-order valence-corrected chi connectivity index (χ2v) is 7.78. The highest BCUT2D eigenvalue weighted by molar-refractivity contribution is 5.89. The first-order valence-electron chi connectivity index (χ1n) is 9.64. The minimum Gasteiger partial charge on any atom is -0.454 e. The van der Waals surface area contributed by atoms with Crippen LogP contribution in [0.5, 0.6) is 11.5 Å². The number of primary amides is 1. The summed E-state index contributed by atoms with van der Waals surface area (Å²) in [6.45, 7) is 0.374. The first-order valence-corrected chi connectivity index (χ1v) is 9.64. The Morgan fingerprint density at radius 2 is 1.93 bits per heavy atom. The second kappa shape index (κ2) is 5.72. The Bertz CT molecular complexity index is 1010. The van der Waals surface area contributed by atoms with E-state index < -0.39 is 6.04 Å². The summed E-state index contributed by atoms with van der Waals surface area (Å²) in [5, 5.41) is 5.18. The van der Waals surface area contributed by atoms with Crippen molar-refractivity contribution in [2.24, 2.45) is 0 Å². The molecule has 7 heteroatoms.